The molecule has 0 saturated heterocycles. The molecule has 1 unspecified atom stereocenters. The van der Waals surface area contributed by atoms with E-state index in [4.69, 9.17) is 5.73 Å². The molecule has 0 amide bonds. The molecule has 1 aromatic heterocycles. The molecule has 3 N–H and O–H groups in total. The van der Waals surface area contributed by atoms with Gasteiger partial charge in [0.15, 0.2) is 0 Å². The first-order chi connectivity index (χ1) is 9.79. The molecule has 2 aromatic rings. The van der Waals surface area contributed by atoms with Gasteiger partial charge in [0.2, 0.25) is 0 Å². The minimum atomic E-state index is -4.65. The molecule has 1 heterocycles. The van der Waals surface area contributed by atoms with Crippen LogP contribution in [-0.4, -0.2) is 4.98 Å². The van der Waals surface area contributed by atoms with Gasteiger partial charge in [0.1, 0.15) is 5.82 Å². The summed E-state index contributed by atoms with van der Waals surface area (Å²) in [6.07, 6.45) is -3.34. The number of rotatable bonds is 3. The van der Waals surface area contributed by atoms with Gasteiger partial charge in [0.05, 0.1) is 28.8 Å². The standard InChI is InChI=1S/C14H13F4N3/c1-8(19)12-6-5-9(7-20-12)21-13-10(14(16,17)18)3-2-4-11(13)15/h2-8,21H,19H2,1H3. The molecule has 112 valence electrons. The van der Waals surface area contributed by atoms with Crippen LogP contribution in [0.15, 0.2) is 36.5 Å². The van der Waals surface area contributed by atoms with Crippen LogP contribution >= 0.6 is 0 Å². The third-order valence-electron chi connectivity index (χ3n) is 2.84. The molecule has 0 fully saturated rings. The van der Waals surface area contributed by atoms with Crippen molar-refractivity contribution >= 4 is 11.4 Å². The van der Waals surface area contributed by atoms with Crippen molar-refractivity contribution in [3.63, 3.8) is 0 Å². The normalized spacial score (nSPS) is 13.0. The Morgan fingerprint density at radius 1 is 1.19 bits per heavy atom. The van der Waals surface area contributed by atoms with Gasteiger partial charge in [-0.05, 0) is 31.2 Å². The lowest BCUT2D eigenvalue weighted by Crippen LogP contribution is -2.11. The van der Waals surface area contributed by atoms with Crippen molar-refractivity contribution in [1.29, 1.82) is 0 Å². The van der Waals surface area contributed by atoms with E-state index in [9.17, 15) is 17.6 Å². The first kappa shape index (κ1) is 15.2. The van der Waals surface area contributed by atoms with E-state index in [0.29, 0.717) is 5.69 Å². The van der Waals surface area contributed by atoms with E-state index in [1.54, 1.807) is 13.0 Å². The number of para-hydroxylation sites is 1. The second kappa shape index (κ2) is 5.69. The Kier molecular flexibility index (Phi) is 4.13. The Bertz CT molecular complexity index is 621. The maximum atomic E-state index is 13.7. The summed E-state index contributed by atoms with van der Waals surface area (Å²) >= 11 is 0. The third kappa shape index (κ3) is 3.49. The molecule has 0 saturated carbocycles. The van der Waals surface area contributed by atoms with E-state index >= 15 is 0 Å². The molecule has 0 aliphatic carbocycles. The molecular formula is C14H13F4N3. The monoisotopic (exact) mass is 299 g/mol. The fraction of sp³-hybridized carbons (Fsp3) is 0.214. The number of pyridine rings is 1. The van der Waals surface area contributed by atoms with E-state index in [1.807, 2.05) is 0 Å². The molecule has 0 radical (unpaired) electrons. The van der Waals surface area contributed by atoms with Crippen LogP contribution in [0.25, 0.3) is 0 Å². The summed E-state index contributed by atoms with van der Waals surface area (Å²) in [5, 5.41) is 2.42. The zero-order chi connectivity index (χ0) is 15.6. The predicted octanol–water partition coefficient (Wildman–Crippen LogP) is 4.00. The van der Waals surface area contributed by atoms with Gasteiger partial charge in [-0.3, -0.25) is 4.98 Å². The molecular weight excluding hydrogens is 286 g/mol. The zero-order valence-corrected chi connectivity index (χ0v) is 11.1. The number of nitrogens with zero attached hydrogens (tertiary/aromatic N) is 1. The van der Waals surface area contributed by atoms with Crippen molar-refractivity contribution in [3.8, 4) is 0 Å². The highest BCUT2D eigenvalue weighted by atomic mass is 19.4. The van der Waals surface area contributed by atoms with Crippen LogP contribution in [0.2, 0.25) is 0 Å². The molecule has 1 atom stereocenters. The van der Waals surface area contributed by atoms with E-state index in [2.05, 4.69) is 10.3 Å². The van der Waals surface area contributed by atoms with Crippen LogP contribution in [0.3, 0.4) is 0 Å². The lowest BCUT2D eigenvalue weighted by molar-refractivity contribution is -0.137. The summed E-state index contributed by atoms with van der Waals surface area (Å²) in [5.41, 5.74) is 4.77. The SMILES string of the molecule is CC(N)c1ccc(Nc2c(F)cccc2C(F)(F)F)cn1. The quantitative estimate of drug-likeness (QED) is 0.842. The van der Waals surface area contributed by atoms with Crippen molar-refractivity contribution in [1.82, 2.24) is 4.98 Å². The van der Waals surface area contributed by atoms with E-state index in [0.717, 1.165) is 18.2 Å². The predicted molar refractivity (Wildman–Crippen MR) is 71.5 cm³/mol. The van der Waals surface area contributed by atoms with E-state index in [1.165, 1.54) is 12.3 Å². The number of nitrogens with two attached hydrogens (primary N) is 1. The Morgan fingerprint density at radius 2 is 1.90 bits per heavy atom. The maximum absolute atomic E-state index is 13.7. The van der Waals surface area contributed by atoms with Crippen LogP contribution in [0, 0.1) is 5.82 Å². The van der Waals surface area contributed by atoms with Crippen LogP contribution in [0.1, 0.15) is 24.2 Å². The van der Waals surface area contributed by atoms with Gasteiger partial charge in [0.25, 0.3) is 0 Å². The lowest BCUT2D eigenvalue weighted by Gasteiger charge is -2.15. The molecule has 7 heteroatoms. The summed E-state index contributed by atoms with van der Waals surface area (Å²) in [5.74, 6) is -0.985. The fourth-order valence-corrected chi connectivity index (χ4v) is 1.78. The first-order valence-electron chi connectivity index (χ1n) is 6.13. The Hall–Kier alpha value is -2.15. The van der Waals surface area contributed by atoms with Crippen molar-refractivity contribution in [3.05, 3.63) is 53.6 Å². The van der Waals surface area contributed by atoms with Crippen molar-refractivity contribution in [2.45, 2.75) is 19.1 Å². The van der Waals surface area contributed by atoms with Gasteiger partial charge < -0.3 is 11.1 Å². The molecule has 0 spiro atoms. The van der Waals surface area contributed by atoms with Crippen molar-refractivity contribution in [2.24, 2.45) is 5.73 Å². The molecule has 3 nitrogen and oxygen atoms in total. The zero-order valence-electron chi connectivity index (χ0n) is 11.1. The smallest absolute Gasteiger partial charge is 0.351 e. The second-order valence-electron chi connectivity index (χ2n) is 4.55. The number of nitrogens with one attached hydrogen (secondary N) is 1. The van der Waals surface area contributed by atoms with Gasteiger partial charge >= 0.3 is 6.18 Å². The molecule has 21 heavy (non-hydrogen) atoms. The lowest BCUT2D eigenvalue weighted by atomic mass is 10.1. The summed E-state index contributed by atoms with van der Waals surface area (Å²) in [6.45, 7) is 1.73. The number of halogens is 4. The minimum absolute atomic E-state index is 0.245. The Balaban J connectivity index is 2.35. The number of hydrogen-bond donors (Lipinski definition) is 2. The Morgan fingerprint density at radius 3 is 2.43 bits per heavy atom. The highest BCUT2D eigenvalue weighted by Crippen LogP contribution is 2.37. The number of hydrogen-bond acceptors (Lipinski definition) is 3. The highest BCUT2D eigenvalue weighted by molar-refractivity contribution is 5.64. The van der Waals surface area contributed by atoms with Crippen LogP contribution < -0.4 is 11.1 Å². The first-order valence-corrected chi connectivity index (χ1v) is 6.13. The average Bonchev–Trinajstić information content (AvgIpc) is 2.40. The molecule has 1 aromatic carbocycles. The maximum Gasteiger partial charge on any atom is 0.418 e. The number of anilines is 2. The average molecular weight is 299 g/mol. The molecule has 2 rings (SSSR count). The van der Waals surface area contributed by atoms with E-state index in [-0.39, 0.29) is 11.7 Å². The summed E-state index contributed by atoms with van der Waals surface area (Å²) < 4.78 is 52.3. The number of alkyl halides is 3. The summed E-state index contributed by atoms with van der Waals surface area (Å²) in [4.78, 5) is 4.00. The van der Waals surface area contributed by atoms with Gasteiger partial charge in [-0.1, -0.05) is 6.07 Å². The summed E-state index contributed by atoms with van der Waals surface area (Å²) in [6, 6.07) is 5.56. The summed E-state index contributed by atoms with van der Waals surface area (Å²) in [7, 11) is 0. The van der Waals surface area contributed by atoms with Gasteiger partial charge in [-0.25, -0.2) is 4.39 Å². The van der Waals surface area contributed by atoms with Crippen LogP contribution in [-0.2, 0) is 6.18 Å². The molecule has 0 bridgehead atoms. The van der Waals surface area contributed by atoms with Gasteiger partial charge in [-0.15, -0.1) is 0 Å². The van der Waals surface area contributed by atoms with Crippen molar-refractivity contribution < 1.29 is 17.6 Å². The largest absolute Gasteiger partial charge is 0.418 e. The number of benzene rings is 1. The Labute approximate surface area is 118 Å². The number of aromatic nitrogens is 1. The fourth-order valence-electron chi connectivity index (χ4n) is 1.78. The topological polar surface area (TPSA) is 50.9 Å². The van der Waals surface area contributed by atoms with Crippen LogP contribution in [0.5, 0.6) is 0 Å². The highest BCUT2D eigenvalue weighted by Gasteiger charge is 2.34. The van der Waals surface area contributed by atoms with Crippen LogP contribution in [0.4, 0.5) is 28.9 Å². The minimum Gasteiger partial charge on any atom is -0.351 e. The van der Waals surface area contributed by atoms with Gasteiger partial charge in [-0.2, -0.15) is 13.2 Å². The van der Waals surface area contributed by atoms with Gasteiger partial charge in [0, 0.05) is 6.04 Å². The molecule has 0 aliphatic rings. The second-order valence-corrected chi connectivity index (χ2v) is 4.55. The van der Waals surface area contributed by atoms with E-state index < -0.39 is 23.2 Å². The van der Waals surface area contributed by atoms with Crippen molar-refractivity contribution in [2.75, 3.05) is 5.32 Å². The third-order valence-corrected chi connectivity index (χ3v) is 2.84. The molecule has 0 aliphatic heterocycles.